The maximum Gasteiger partial charge on any atom is 0.392 e. The minimum absolute atomic E-state index is 0.0912. The summed E-state index contributed by atoms with van der Waals surface area (Å²) in [6.07, 6.45) is -3.72. The van der Waals surface area contributed by atoms with Crippen LogP contribution >= 0.6 is 11.6 Å². The van der Waals surface area contributed by atoms with Crippen molar-refractivity contribution < 1.29 is 31.9 Å². The number of nitrogens with one attached hydrogen (secondary N) is 2. The van der Waals surface area contributed by atoms with Gasteiger partial charge in [-0.3, -0.25) is 4.79 Å². The number of likely N-dealkylation sites (tertiary alicyclic amines) is 1. The van der Waals surface area contributed by atoms with E-state index in [9.17, 15) is 22.8 Å². The van der Waals surface area contributed by atoms with Crippen molar-refractivity contribution in [3.63, 3.8) is 0 Å². The van der Waals surface area contributed by atoms with Gasteiger partial charge in [0.15, 0.2) is 0 Å². The Kier molecular flexibility index (Phi) is 7.04. The third kappa shape index (κ3) is 6.11. The molecule has 2 heterocycles. The number of benzene rings is 1. The zero-order chi connectivity index (χ0) is 23.6. The fourth-order valence-corrected chi connectivity index (χ4v) is 4.27. The first-order chi connectivity index (χ1) is 15.7. The molecule has 0 radical (unpaired) electrons. The van der Waals surface area contributed by atoms with Crippen LogP contribution in [0.1, 0.15) is 31.4 Å². The number of fused-ring (bicyclic) bond motifs is 1. The van der Waals surface area contributed by atoms with E-state index in [0.717, 1.165) is 5.39 Å². The van der Waals surface area contributed by atoms with Gasteiger partial charge in [0.25, 0.3) is 0 Å². The Hall–Kier alpha value is -2.46. The average molecular weight is 488 g/mol. The van der Waals surface area contributed by atoms with Gasteiger partial charge in [-0.05, 0) is 49.9 Å². The maximum absolute atomic E-state index is 12.5. The number of furan rings is 1. The van der Waals surface area contributed by atoms with Gasteiger partial charge in [0.1, 0.15) is 18.0 Å². The summed E-state index contributed by atoms with van der Waals surface area (Å²) in [7, 11) is 0. The highest BCUT2D eigenvalue weighted by Gasteiger charge is 2.48. The van der Waals surface area contributed by atoms with Crippen LogP contribution in [-0.2, 0) is 16.1 Å². The van der Waals surface area contributed by atoms with Gasteiger partial charge in [-0.2, -0.15) is 13.2 Å². The van der Waals surface area contributed by atoms with E-state index in [0.29, 0.717) is 42.3 Å². The number of urea groups is 1. The first kappa shape index (κ1) is 23.7. The summed E-state index contributed by atoms with van der Waals surface area (Å²) in [5, 5.41) is 7.14. The molecule has 180 valence electrons. The number of alkyl halides is 3. The van der Waals surface area contributed by atoms with E-state index < -0.39 is 18.2 Å². The standard InChI is InChI=1S/C22H25ClF3N3O4/c23-15-1-2-19-13(7-15)8-18(33-19)11-27-21(31)29-5-3-16(4-6-29)28-20(30)12-32-17-9-14(10-17)22(24,25)26/h1-2,7-8,14,16-17H,3-6,9-12H2,(H,27,31)(H,28,30). The Morgan fingerprint density at radius 2 is 1.91 bits per heavy atom. The molecule has 0 spiro atoms. The van der Waals surface area contributed by atoms with Gasteiger partial charge in [0.05, 0.1) is 18.6 Å². The average Bonchev–Trinajstić information content (AvgIpc) is 3.12. The lowest BCUT2D eigenvalue weighted by molar-refractivity contribution is -0.219. The number of carbonyl (C=O) groups excluding carboxylic acids is 2. The summed E-state index contributed by atoms with van der Waals surface area (Å²) >= 11 is 5.97. The van der Waals surface area contributed by atoms with Crippen LogP contribution in [0.25, 0.3) is 11.0 Å². The van der Waals surface area contributed by atoms with E-state index in [4.69, 9.17) is 20.8 Å². The Morgan fingerprint density at radius 1 is 1.18 bits per heavy atom. The lowest BCUT2D eigenvalue weighted by atomic mass is 9.82. The molecule has 0 atom stereocenters. The fraction of sp³-hybridized carbons (Fsp3) is 0.545. The second-order valence-corrected chi connectivity index (χ2v) is 8.96. The van der Waals surface area contributed by atoms with Crippen molar-refractivity contribution in [1.82, 2.24) is 15.5 Å². The van der Waals surface area contributed by atoms with Crippen molar-refractivity contribution in [2.45, 2.75) is 50.6 Å². The van der Waals surface area contributed by atoms with Crippen molar-refractivity contribution in [3.05, 3.63) is 35.0 Å². The van der Waals surface area contributed by atoms with Crippen molar-refractivity contribution in [2.75, 3.05) is 19.7 Å². The lowest BCUT2D eigenvalue weighted by Crippen LogP contribution is -2.50. The summed E-state index contributed by atoms with van der Waals surface area (Å²) in [5.41, 5.74) is 0.696. The molecule has 2 aliphatic rings. The lowest BCUT2D eigenvalue weighted by Gasteiger charge is -2.36. The molecule has 2 N–H and O–H groups in total. The van der Waals surface area contributed by atoms with Crippen LogP contribution < -0.4 is 10.6 Å². The zero-order valence-corrected chi connectivity index (χ0v) is 18.5. The summed E-state index contributed by atoms with van der Waals surface area (Å²) in [6, 6.07) is 6.82. The molecular weight excluding hydrogens is 463 g/mol. The van der Waals surface area contributed by atoms with Crippen LogP contribution in [0, 0.1) is 5.92 Å². The smallest absolute Gasteiger partial charge is 0.392 e. The molecule has 7 nitrogen and oxygen atoms in total. The summed E-state index contributed by atoms with van der Waals surface area (Å²) in [5.74, 6) is -1.06. The molecule has 1 saturated carbocycles. The van der Waals surface area contributed by atoms with E-state index in [2.05, 4.69) is 10.6 Å². The van der Waals surface area contributed by atoms with Crippen molar-refractivity contribution in [2.24, 2.45) is 5.92 Å². The third-order valence-electron chi connectivity index (χ3n) is 6.10. The Morgan fingerprint density at radius 3 is 2.61 bits per heavy atom. The Balaban J connectivity index is 1.13. The Labute approximate surface area is 193 Å². The van der Waals surface area contributed by atoms with Crippen molar-refractivity contribution in [1.29, 1.82) is 0 Å². The van der Waals surface area contributed by atoms with Crippen LogP contribution in [0.2, 0.25) is 5.02 Å². The van der Waals surface area contributed by atoms with Gasteiger partial charge in [0, 0.05) is 29.5 Å². The van der Waals surface area contributed by atoms with E-state index in [1.807, 2.05) is 6.07 Å². The molecule has 1 aliphatic heterocycles. The summed E-state index contributed by atoms with van der Waals surface area (Å²) in [4.78, 5) is 26.2. The van der Waals surface area contributed by atoms with Gasteiger partial charge < -0.3 is 24.7 Å². The molecule has 0 bridgehead atoms. The second-order valence-electron chi connectivity index (χ2n) is 8.53. The van der Waals surface area contributed by atoms with Crippen molar-refractivity contribution in [3.8, 4) is 0 Å². The van der Waals surface area contributed by atoms with Crippen LogP contribution in [0.15, 0.2) is 28.7 Å². The molecule has 3 amide bonds. The minimum atomic E-state index is -4.19. The van der Waals surface area contributed by atoms with Gasteiger partial charge in [-0.25, -0.2) is 4.79 Å². The highest BCUT2D eigenvalue weighted by Crippen LogP contribution is 2.42. The zero-order valence-electron chi connectivity index (χ0n) is 17.8. The molecule has 1 aromatic carbocycles. The number of hydrogen-bond donors (Lipinski definition) is 2. The van der Waals surface area contributed by atoms with Gasteiger partial charge in [0.2, 0.25) is 5.91 Å². The molecule has 2 aromatic rings. The SMILES string of the molecule is O=C(COC1CC(C(F)(F)F)C1)NC1CCN(C(=O)NCc2cc3cc(Cl)ccc3o2)CC1. The fourth-order valence-electron chi connectivity index (χ4n) is 4.09. The van der Waals surface area contributed by atoms with Crippen molar-refractivity contribution >= 4 is 34.5 Å². The number of ether oxygens (including phenoxy) is 1. The number of piperidine rings is 1. The molecule has 11 heteroatoms. The number of carbonyl (C=O) groups is 2. The number of nitrogens with zero attached hydrogens (tertiary/aromatic N) is 1. The monoisotopic (exact) mass is 487 g/mol. The third-order valence-corrected chi connectivity index (χ3v) is 6.33. The number of amides is 3. The summed E-state index contributed by atoms with van der Waals surface area (Å²) < 4.78 is 48.4. The molecule has 4 rings (SSSR count). The van der Waals surface area contributed by atoms with Crippen LogP contribution in [0.3, 0.4) is 0 Å². The van der Waals surface area contributed by atoms with Crippen LogP contribution in [0.5, 0.6) is 0 Å². The topological polar surface area (TPSA) is 83.8 Å². The molecule has 1 saturated heterocycles. The van der Waals surface area contributed by atoms with E-state index in [-0.39, 0.29) is 44.0 Å². The maximum atomic E-state index is 12.5. The number of hydrogen-bond acceptors (Lipinski definition) is 4. The Bertz CT molecular complexity index is 998. The molecular formula is C22H25ClF3N3O4. The van der Waals surface area contributed by atoms with Crippen LogP contribution in [0.4, 0.5) is 18.0 Å². The van der Waals surface area contributed by atoms with Crippen LogP contribution in [-0.4, -0.2) is 54.9 Å². The second kappa shape index (κ2) is 9.80. The number of rotatable bonds is 6. The van der Waals surface area contributed by atoms with E-state index >= 15 is 0 Å². The predicted octanol–water partition coefficient (Wildman–Crippen LogP) is 4.23. The summed E-state index contributed by atoms with van der Waals surface area (Å²) in [6.45, 7) is 0.945. The van der Waals surface area contributed by atoms with Gasteiger partial charge >= 0.3 is 12.2 Å². The first-order valence-electron chi connectivity index (χ1n) is 10.9. The minimum Gasteiger partial charge on any atom is -0.459 e. The van der Waals surface area contributed by atoms with Gasteiger partial charge in [-0.1, -0.05) is 11.6 Å². The molecule has 0 unspecified atom stereocenters. The van der Waals surface area contributed by atoms with Gasteiger partial charge in [-0.15, -0.1) is 0 Å². The first-order valence-corrected chi connectivity index (χ1v) is 11.2. The highest BCUT2D eigenvalue weighted by atomic mass is 35.5. The predicted molar refractivity (Wildman–Crippen MR) is 115 cm³/mol. The van der Waals surface area contributed by atoms with E-state index in [1.165, 1.54) is 0 Å². The number of halogens is 4. The normalized spacial score (nSPS) is 21.6. The molecule has 1 aliphatic carbocycles. The molecule has 33 heavy (non-hydrogen) atoms. The molecule has 1 aromatic heterocycles. The molecule has 2 fully saturated rings. The van der Waals surface area contributed by atoms with E-state index in [1.54, 1.807) is 23.1 Å². The largest absolute Gasteiger partial charge is 0.459 e. The quantitative estimate of drug-likeness (QED) is 0.638. The highest BCUT2D eigenvalue weighted by molar-refractivity contribution is 6.31.